The van der Waals surface area contributed by atoms with Crippen LogP contribution < -0.4 is 5.32 Å². The Kier molecular flexibility index (Phi) is 5.61. The van der Waals surface area contributed by atoms with Crippen LogP contribution in [0.5, 0.6) is 0 Å². The van der Waals surface area contributed by atoms with E-state index in [0.29, 0.717) is 5.13 Å². The van der Waals surface area contributed by atoms with E-state index in [1.54, 1.807) is 11.8 Å². The Hall–Kier alpha value is -1.08. The van der Waals surface area contributed by atoms with Crippen molar-refractivity contribution in [1.82, 2.24) is 4.98 Å². The van der Waals surface area contributed by atoms with Crippen LogP contribution in [0.2, 0.25) is 0 Å². The molecule has 1 unspecified atom stereocenters. The van der Waals surface area contributed by atoms with E-state index in [0.717, 1.165) is 22.8 Å². The van der Waals surface area contributed by atoms with Crippen LogP contribution in [0.4, 0.5) is 5.13 Å². The molecule has 1 aromatic heterocycles. The molecule has 0 aliphatic rings. The molecule has 0 aliphatic carbocycles. The third-order valence-corrected chi connectivity index (χ3v) is 4.32. The molecule has 100 valence electrons. The Labute approximate surface area is 114 Å². The molecular weight excluding hydrogens is 272 g/mol. The maximum absolute atomic E-state index is 11.3. The van der Waals surface area contributed by atoms with Crippen LogP contribution in [0.15, 0.2) is 0 Å². The van der Waals surface area contributed by atoms with Crippen LogP contribution in [0.3, 0.4) is 0 Å². The topological polar surface area (TPSA) is 79.3 Å². The molecule has 0 amide bonds. The maximum Gasteiger partial charge on any atom is 0.356 e. The number of Topliss-reactive ketones (excluding diaryl/α,β-unsaturated/α-hetero) is 1. The third kappa shape index (κ3) is 3.99. The summed E-state index contributed by atoms with van der Waals surface area (Å²) in [5, 5.41) is 12.6. The molecule has 0 spiro atoms. The minimum Gasteiger partial charge on any atom is -0.476 e. The Morgan fingerprint density at radius 3 is 2.67 bits per heavy atom. The lowest BCUT2D eigenvalue weighted by Gasteiger charge is -2.11. The Balaban J connectivity index is 2.81. The average molecular weight is 288 g/mol. The number of nitrogens with zero attached hydrogens (tertiary/aromatic N) is 1. The van der Waals surface area contributed by atoms with Crippen LogP contribution in [0.1, 0.15) is 40.9 Å². The number of carboxylic acid groups (broad SMARTS) is 1. The van der Waals surface area contributed by atoms with Gasteiger partial charge in [0, 0.05) is 18.7 Å². The molecule has 0 saturated heterocycles. The Bertz CT molecular complexity index is 414. The Morgan fingerprint density at radius 1 is 1.56 bits per heavy atom. The largest absolute Gasteiger partial charge is 0.476 e. The second-order valence-corrected chi connectivity index (χ2v) is 6.08. The first-order chi connectivity index (χ1) is 8.45. The van der Waals surface area contributed by atoms with Crippen molar-refractivity contribution < 1.29 is 14.7 Å². The van der Waals surface area contributed by atoms with E-state index >= 15 is 0 Å². The minimum atomic E-state index is -1.17. The van der Waals surface area contributed by atoms with Gasteiger partial charge >= 0.3 is 5.97 Å². The molecule has 5 nitrogen and oxygen atoms in total. The van der Waals surface area contributed by atoms with Crippen molar-refractivity contribution in [1.29, 1.82) is 0 Å². The van der Waals surface area contributed by atoms with Crippen molar-refractivity contribution in [3.8, 4) is 0 Å². The number of aromatic carboxylic acids is 1. The van der Waals surface area contributed by atoms with E-state index < -0.39 is 5.97 Å². The summed E-state index contributed by atoms with van der Waals surface area (Å²) >= 11 is 2.89. The molecule has 2 N–H and O–H groups in total. The number of nitrogens with one attached hydrogen (secondary N) is 1. The van der Waals surface area contributed by atoms with Gasteiger partial charge < -0.3 is 10.4 Å². The molecule has 18 heavy (non-hydrogen) atoms. The number of thioether (sulfide) groups is 1. The molecule has 1 aromatic rings. The van der Waals surface area contributed by atoms with E-state index in [2.05, 4.69) is 17.2 Å². The van der Waals surface area contributed by atoms with Crippen molar-refractivity contribution in [3.05, 3.63) is 10.6 Å². The summed E-state index contributed by atoms with van der Waals surface area (Å²) < 4.78 is 0. The van der Waals surface area contributed by atoms with Gasteiger partial charge in [-0.3, -0.25) is 4.79 Å². The molecule has 0 aliphatic heterocycles. The number of aromatic nitrogens is 1. The second kappa shape index (κ2) is 6.75. The van der Waals surface area contributed by atoms with Crippen molar-refractivity contribution >= 4 is 40.0 Å². The quantitative estimate of drug-likeness (QED) is 0.751. The first-order valence-electron chi connectivity index (χ1n) is 5.55. The molecule has 0 radical (unpaired) electrons. The summed E-state index contributed by atoms with van der Waals surface area (Å²) in [4.78, 5) is 26.4. The lowest BCUT2D eigenvalue weighted by molar-refractivity contribution is 0.0687. The third-order valence-electron chi connectivity index (χ3n) is 2.09. The standard InChI is InChI=1S/C11H16N2O3S2/c1-4-17-5-6(2)12-11-13-8(10(15)16)9(18-11)7(3)14/h6H,4-5H2,1-3H3,(H,12,13)(H,15,16). The average Bonchev–Trinajstić information content (AvgIpc) is 2.70. The molecule has 1 heterocycles. The number of carbonyl (C=O) groups is 2. The van der Waals surface area contributed by atoms with E-state index in [9.17, 15) is 9.59 Å². The van der Waals surface area contributed by atoms with Crippen LogP contribution >= 0.6 is 23.1 Å². The zero-order valence-electron chi connectivity index (χ0n) is 10.5. The van der Waals surface area contributed by atoms with Crippen molar-refractivity contribution in [2.75, 3.05) is 16.8 Å². The highest BCUT2D eigenvalue weighted by atomic mass is 32.2. The summed E-state index contributed by atoms with van der Waals surface area (Å²) in [6.45, 7) is 5.43. The van der Waals surface area contributed by atoms with E-state index in [-0.39, 0.29) is 22.4 Å². The number of hydrogen-bond acceptors (Lipinski definition) is 6. The molecule has 0 bridgehead atoms. The highest BCUT2D eigenvalue weighted by Gasteiger charge is 2.21. The van der Waals surface area contributed by atoms with Gasteiger partial charge in [0.15, 0.2) is 16.6 Å². The summed E-state index contributed by atoms with van der Waals surface area (Å²) in [6.07, 6.45) is 0. The van der Waals surface area contributed by atoms with Gasteiger partial charge in [-0.15, -0.1) is 0 Å². The normalized spacial score (nSPS) is 12.2. The fraction of sp³-hybridized carbons (Fsp3) is 0.545. The summed E-state index contributed by atoms with van der Waals surface area (Å²) in [7, 11) is 0. The molecular formula is C11H16N2O3S2. The number of anilines is 1. The fourth-order valence-corrected chi connectivity index (χ4v) is 2.95. The highest BCUT2D eigenvalue weighted by molar-refractivity contribution is 7.99. The zero-order valence-corrected chi connectivity index (χ0v) is 12.2. The van der Waals surface area contributed by atoms with Gasteiger partial charge in [0.2, 0.25) is 0 Å². The van der Waals surface area contributed by atoms with Gasteiger partial charge in [-0.1, -0.05) is 18.3 Å². The van der Waals surface area contributed by atoms with Crippen LogP contribution in [-0.2, 0) is 0 Å². The predicted octanol–water partition coefficient (Wildman–Crippen LogP) is 2.60. The highest BCUT2D eigenvalue weighted by Crippen LogP contribution is 2.24. The predicted molar refractivity (Wildman–Crippen MR) is 75.2 cm³/mol. The summed E-state index contributed by atoms with van der Waals surface area (Å²) in [5.41, 5.74) is -0.162. The fourth-order valence-electron chi connectivity index (χ4n) is 1.31. The molecule has 1 rings (SSSR count). The zero-order chi connectivity index (χ0) is 13.7. The molecule has 1 atom stereocenters. The van der Waals surface area contributed by atoms with Crippen molar-refractivity contribution in [3.63, 3.8) is 0 Å². The van der Waals surface area contributed by atoms with Crippen LogP contribution in [0.25, 0.3) is 0 Å². The maximum atomic E-state index is 11.3. The number of carbonyl (C=O) groups excluding carboxylic acids is 1. The van der Waals surface area contributed by atoms with E-state index in [1.165, 1.54) is 6.92 Å². The smallest absolute Gasteiger partial charge is 0.356 e. The van der Waals surface area contributed by atoms with Crippen LogP contribution in [0, 0.1) is 0 Å². The van der Waals surface area contributed by atoms with Gasteiger partial charge in [-0.05, 0) is 12.7 Å². The van der Waals surface area contributed by atoms with Gasteiger partial charge in [-0.25, -0.2) is 9.78 Å². The van der Waals surface area contributed by atoms with E-state index in [4.69, 9.17) is 5.11 Å². The number of thiazole rings is 1. The summed E-state index contributed by atoms with van der Waals surface area (Å²) in [5.74, 6) is 0.505. The second-order valence-electron chi connectivity index (χ2n) is 3.76. The molecule has 0 aromatic carbocycles. The first-order valence-corrected chi connectivity index (χ1v) is 7.52. The van der Waals surface area contributed by atoms with Gasteiger partial charge in [0.25, 0.3) is 0 Å². The first kappa shape index (κ1) is 15.0. The van der Waals surface area contributed by atoms with Gasteiger partial charge in [-0.2, -0.15) is 11.8 Å². The number of ketones is 1. The van der Waals surface area contributed by atoms with Crippen molar-refractivity contribution in [2.45, 2.75) is 26.8 Å². The summed E-state index contributed by atoms with van der Waals surface area (Å²) in [6, 6.07) is 0.183. The Morgan fingerprint density at radius 2 is 2.22 bits per heavy atom. The monoisotopic (exact) mass is 288 g/mol. The number of rotatable bonds is 7. The van der Waals surface area contributed by atoms with Gasteiger partial charge in [0.1, 0.15) is 4.88 Å². The van der Waals surface area contributed by atoms with Crippen molar-refractivity contribution in [2.24, 2.45) is 0 Å². The lowest BCUT2D eigenvalue weighted by atomic mass is 10.3. The number of carboxylic acids is 1. The SMILES string of the molecule is CCSCC(C)Nc1nc(C(=O)O)c(C(C)=O)s1. The molecule has 0 fully saturated rings. The molecule has 0 saturated carbocycles. The van der Waals surface area contributed by atoms with E-state index in [1.807, 2.05) is 6.92 Å². The molecule has 7 heteroatoms. The minimum absolute atomic E-state index is 0.162. The van der Waals surface area contributed by atoms with Crippen LogP contribution in [-0.4, -0.2) is 39.4 Å². The van der Waals surface area contributed by atoms with Gasteiger partial charge in [0.05, 0.1) is 0 Å². The number of hydrogen-bond donors (Lipinski definition) is 2. The lowest BCUT2D eigenvalue weighted by Crippen LogP contribution is -2.18.